The molecule has 0 heterocycles. The number of carbonyl (C=O) groups is 1. The summed E-state index contributed by atoms with van der Waals surface area (Å²) in [6.45, 7) is 0. The van der Waals surface area contributed by atoms with Crippen LogP contribution in [0.3, 0.4) is 0 Å². The van der Waals surface area contributed by atoms with E-state index in [-0.39, 0.29) is 5.75 Å². The molecule has 138 valence electrons. The molecular formula is C19H18Br2O5. The van der Waals surface area contributed by atoms with Crippen molar-refractivity contribution in [2.24, 2.45) is 0 Å². The Balaban J connectivity index is 2.25. The van der Waals surface area contributed by atoms with Crippen LogP contribution in [-0.2, 0) is 4.79 Å². The number of hydrogen-bond acceptors (Lipinski definition) is 4. The number of aliphatic hydroxyl groups excluding tert-OH is 1. The molecule has 2 aromatic rings. The quantitative estimate of drug-likeness (QED) is 0.466. The minimum atomic E-state index is -1.11. The lowest BCUT2D eigenvalue weighted by Gasteiger charge is -2.25. The van der Waals surface area contributed by atoms with Crippen molar-refractivity contribution in [1.82, 2.24) is 0 Å². The Hall–Kier alpha value is -1.83. The van der Waals surface area contributed by atoms with Crippen molar-refractivity contribution < 1.29 is 24.9 Å². The minimum Gasteiger partial charge on any atom is -0.506 e. The van der Waals surface area contributed by atoms with Crippen LogP contribution in [0.2, 0.25) is 0 Å². The number of benzene rings is 2. The van der Waals surface area contributed by atoms with Gasteiger partial charge < -0.3 is 20.1 Å². The Morgan fingerprint density at radius 3 is 2.54 bits per heavy atom. The zero-order chi connectivity index (χ0) is 19.1. The van der Waals surface area contributed by atoms with Crippen LogP contribution in [0.5, 0.6) is 11.5 Å². The molecule has 0 aliphatic carbocycles. The van der Waals surface area contributed by atoms with E-state index in [0.717, 1.165) is 6.08 Å². The Kier molecular flexibility index (Phi) is 7.68. The molecule has 0 aromatic heterocycles. The molecule has 0 saturated heterocycles. The number of carboxylic acids is 1. The van der Waals surface area contributed by atoms with Crippen molar-refractivity contribution in [2.75, 3.05) is 0 Å². The number of aromatic hydroxyl groups is 1. The summed E-state index contributed by atoms with van der Waals surface area (Å²) in [4.78, 5) is 10.6. The second-order valence-corrected chi connectivity index (χ2v) is 7.33. The van der Waals surface area contributed by atoms with Gasteiger partial charge in [0.25, 0.3) is 0 Å². The summed E-state index contributed by atoms with van der Waals surface area (Å²) >= 11 is 6.59. The number of ether oxygens (including phenoxy) is 1. The summed E-state index contributed by atoms with van der Waals surface area (Å²) < 4.78 is 7.04. The number of rotatable bonds is 8. The fourth-order valence-corrected chi connectivity index (χ4v) is 3.67. The molecular weight excluding hydrogens is 468 g/mol. The van der Waals surface area contributed by atoms with Crippen molar-refractivity contribution >= 4 is 37.8 Å². The predicted molar refractivity (Wildman–Crippen MR) is 105 cm³/mol. The highest BCUT2D eigenvalue weighted by molar-refractivity contribution is 9.11. The van der Waals surface area contributed by atoms with Crippen LogP contribution in [0.4, 0.5) is 0 Å². The smallest absolute Gasteiger partial charge is 0.327 e. The Labute approximate surface area is 168 Å². The van der Waals surface area contributed by atoms with Gasteiger partial charge in [0, 0.05) is 16.1 Å². The largest absolute Gasteiger partial charge is 0.506 e. The Bertz CT molecular complexity index is 777. The highest BCUT2D eigenvalue weighted by Gasteiger charge is 2.26. The SMILES string of the molecule is O=C(O)/C=C/CC[C@@H](Oc1ccccc1)[C@H](O)c1cc(Br)cc(Br)c1O. The van der Waals surface area contributed by atoms with Gasteiger partial charge in [0.1, 0.15) is 23.7 Å². The topological polar surface area (TPSA) is 87.0 Å². The Morgan fingerprint density at radius 2 is 1.88 bits per heavy atom. The summed E-state index contributed by atoms with van der Waals surface area (Å²) in [6, 6.07) is 12.3. The number of hydrogen-bond donors (Lipinski definition) is 3. The molecule has 0 saturated carbocycles. The van der Waals surface area contributed by atoms with Gasteiger partial charge in [0.2, 0.25) is 0 Å². The first-order valence-electron chi connectivity index (χ1n) is 7.85. The highest BCUT2D eigenvalue weighted by Crippen LogP contribution is 2.37. The number of carboxylic acid groups (broad SMARTS) is 1. The van der Waals surface area contributed by atoms with Crippen molar-refractivity contribution in [1.29, 1.82) is 0 Å². The van der Waals surface area contributed by atoms with E-state index in [0.29, 0.717) is 33.1 Å². The average Bonchev–Trinajstić information content (AvgIpc) is 2.60. The fraction of sp³-hybridized carbons (Fsp3) is 0.211. The van der Waals surface area contributed by atoms with Gasteiger partial charge in [0.15, 0.2) is 0 Å². The highest BCUT2D eigenvalue weighted by atomic mass is 79.9. The number of halogens is 2. The molecule has 7 heteroatoms. The molecule has 0 amide bonds. The van der Waals surface area contributed by atoms with Gasteiger partial charge >= 0.3 is 5.97 Å². The molecule has 0 bridgehead atoms. The normalized spacial score (nSPS) is 13.5. The third-order valence-electron chi connectivity index (χ3n) is 3.64. The van der Waals surface area contributed by atoms with Crippen LogP contribution in [0.15, 0.2) is 63.6 Å². The summed E-state index contributed by atoms with van der Waals surface area (Å²) in [6.07, 6.45) is 1.54. The van der Waals surface area contributed by atoms with Crippen LogP contribution in [0, 0.1) is 0 Å². The van der Waals surface area contributed by atoms with Crippen LogP contribution in [0.1, 0.15) is 24.5 Å². The van der Waals surface area contributed by atoms with E-state index in [2.05, 4.69) is 31.9 Å². The first-order chi connectivity index (χ1) is 12.4. The van der Waals surface area contributed by atoms with Crippen LogP contribution >= 0.6 is 31.9 Å². The molecule has 0 unspecified atom stereocenters. The lowest BCUT2D eigenvalue weighted by molar-refractivity contribution is -0.131. The standard InChI is InChI=1S/C19H18Br2O5/c20-12-10-14(18(24)15(21)11-12)19(25)16(8-4-5-9-17(22)23)26-13-6-2-1-3-7-13/h1-3,5-7,9-11,16,19,24-25H,4,8H2,(H,22,23)/b9-5+/t16-,19-/m1/s1. The van der Waals surface area contributed by atoms with E-state index in [1.807, 2.05) is 18.2 Å². The van der Waals surface area contributed by atoms with Gasteiger partial charge in [-0.05, 0) is 53.0 Å². The molecule has 5 nitrogen and oxygen atoms in total. The number of aliphatic hydroxyl groups is 1. The number of aliphatic carboxylic acids is 1. The van der Waals surface area contributed by atoms with Gasteiger partial charge in [-0.25, -0.2) is 4.79 Å². The molecule has 2 aromatic carbocycles. The van der Waals surface area contributed by atoms with E-state index in [4.69, 9.17) is 9.84 Å². The monoisotopic (exact) mass is 484 g/mol. The molecule has 0 aliphatic heterocycles. The second kappa shape index (κ2) is 9.75. The molecule has 0 fully saturated rings. The second-order valence-electron chi connectivity index (χ2n) is 5.56. The van der Waals surface area contributed by atoms with Crippen LogP contribution < -0.4 is 4.74 Å². The Morgan fingerprint density at radius 1 is 1.19 bits per heavy atom. The van der Waals surface area contributed by atoms with Gasteiger partial charge in [-0.1, -0.05) is 40.2 Å². The number of phenols is 1. The van der Waals surface area contributed by atoms with Crippen molar-refractivity contribution in [2.45, 2.75) is 25.0 Å². The maximum atomic E-state index is 10.8. The van der Waals surface area contributed by atoms with E-state index in [1.165, 1.54) is 6.08 Å². The molecule has 2 rings (SSSR count). The van der Waals surface area contributed by atoms with Crippen LogP contribution in [-0.4, -0.2) is 27.4 Å². The van der Waals surface area contributed by atoms with E-state index < -0.39 is 18.2 Å². The lowest BCUT2D eigenvalue weighted by Crippen LogP contribution is -2.25. The lowest BCUT2D eigenvalue weighted by atomic mass is 9.99. The molecule has 0 radical (unpaired) electrons. The summed E-state index contributed by atoms with van der Waals surface area (Å²) in [7, 11) is 0. The van der Waals surface area contributed by atoms with Gasteiger partial charge in [0.05, 0.1) is 4.47 Å². The van der Waals surface area contributed by atoms with E-state index >= 15 is 0 Å². The molecule has 26 heavy (non-hydrogen) atoms. The van der Waals surface area contributed by atoms with E-state index in [1.54, 1.807) is 24.3 Å². The zero-order valence-electron chi connectivity index (χ0n) is 13.7. The number of phenolic OH excluding ortho intramolecular Hbond substituents is 1. The molecule has 2 atom stereocenters. The summed E-state index contributed by atoms with van der Waals surface area (Å²) in [5.41, 5.74) is 0.314. The molecule has 0 spiro atoms. The first kappa shape index (κ1) is 20.5. The minimum absolute atomic E-state index is 0.0663. The third-order valence-corrected chi connectivity index (χ3v) is 4.70. The van der Waals surface area contributed by atoms with Crippen molar-refractivity contribution in [3.63, 3.8) is 0 Å². The first-order valence-corrected chi connectivity index (χ1v) is 9.44. The summed E-state index contributed by atoms with van der Waals surface area (Å²) in [5.74, 6) is -0.518. The summed E-state index contributed by atoms with van der Waals surface area (Å²) in [5, 5.41) is 29.8. The number of allylic oxidation sites excluding steroid dienone is 1. The maximum absolute atomic E-state index is 10.8. The fourth-order valence-electron chi connectivity index (χ4n) is 2.41. The maximum Gasteiger partial charge on any atom is 0.327 e. The van der Waals surface area contributed by atoms with Crippen molar-refractivity contribution in [3.8, 4) is 11.5 Å². The van der Waals surface area contributed by atoms with Gasteiger partial charge in [-0.3, -0.25) is 0 Å². The van der Waals surface area contributed by atoms with Crippen molar-refractivity contribution in [3.05, 3.63) is 69.1 Å². The molecule has 0 aliphatic rings. The third kappa shape index (κ3) is 5.86. The van der Waals surface area contributed by atoms with E-state index in [9.17, 15) is 15.0 Å². The predicted octanol–water partition coefficient (Wildman–Crippen LogP) is 4.82. The molecule has 3 N–H and O–H groups in total. The van der Waals surface area contributed by atoms with Gasteiger partial charge in [-0.15, -0.1) is 0 Å². The van der Waals surface area contributed by atoms with Gasteiger partial charge in [-0.2, -0.15) is 0 Å². The van der Waals surface area contributed by atoms with Crippen LogP contribution in [0.25, 0.3) is 0 Å². The zero-order valence-corrected chi connectivity index (χ0v) is 16.9. The average molecular weight is 486 g/mol. The number of para-hydroxylation sites is 1.